The van der Waals surface area contributed by atoms with Crippen molar-refractivity contribution in [2.75, 3.05) is 58.9 Å². The van der Waals surface area contributed by atoms with Crippen molar-refractivity contribution in [3.05, 3.63) is 0 Å². The summed E-state index contributed by atoms with van der Waals surface area (Å²) in [6.45, 7) is -4.05. The molecular formula is C16H25N3O14. The van der Waals surface area contributed by atoms with Crippen LogP contribution in [-0.2, 0) is 33.6 Å². The highest BCUT2D eigenvalue weighted by molar-refractivity contribution is 5.76. The minimum Gasteiger partial charge on any atom is -0.480 e. The molecule has 7 N–H and O–H groups in total. The molecule has 0 amide bonds. The van der Waals surface area contributed by atoms with Gasteiger partial charge in [-0.1, -0.05) is 0 Å². The zero-order chi connectivity index (χ0) is 26.1. The van der Waals surface area contributed by atoms with Crippen molar-refractivity contribution < 1.29 is 69.3 Å². The van der Waals surface area contributed by atoms with Crippen molar-refractivity contribution in [2.45, 2.75) is 0 Å². The van der Waals surface area contributed by atoms with E-state index in [1.807, 2.05) is 0 Å². The standard InChI is InChI=1S/C10H16N2O8.C6H9NO6/c13-7(14)3-11(4-8(15)16)1-2-12(5-9(17)18)6-10(19)20;8-4(9)1-7(2-5(10)11)3-6(12)13/h1-6H2,(H,13,14)(H,15,16)(H,17,18)(H,19,20);1-3H2,(H,8,9)(H,10,11)(H,12,13). The van der Waals surface area contributed by atoms with Crippen LogP contribution in [0, 0.1) is 0 Å². The normalized spacial score (nSPS) is 10.4. The van der Waals surface area contributed by atoms with E-state index < -0.39 is 87.6 Å². The van der Waals surface area contributed by atoms with Gasteiger partial charge in [-0.15, -0.1) is 0 Å². The summed E-state index contributed by atoms with van der Waals surface area (Å²) in [6.07, 6.45) is 0. The highest BCUT2D eigenvalue weighted by atomic mass is 16.4. The third kappa shape index (κ3) is 22.7. The smallest absolute Gasteiger partial charge is 0.317 e. The molecule has 0 aliphatic carbocycles. The van der Waals surface area contributed by atoms with Gasteiger partial charge >= 0.3 is 41.8 Å². The second-order valence-corrected chi connectivity index (χ2v) is 6.32. The van der Waals surface area contributed by atoms with Crippen LogP contribution in [0.1, 0.15) is 0 Å². The Bertz CT molecular complexity index is 619. The fourth-order valence-corrected chi connectivity index (χ4v) is 2.22. The topological polar surface area (TPSA) is 271 Å². The third-order valence-corrected chi connectivity index (χ3v) is 3.24. The molecule has 0 saturated carbocycles. The predicted octanol–water partition coefficient (Wildman–Crippen LogP) is -3.53. The van der Waals surface area contributed by atoms with E-state index in [-0.39, 0.29) is 13.1 Å². The van der Waals surface area contributed by atoms with E-state index >= 15 is 0 Å². The SMILES string of the molecule is O=C(O)CN(CC(=O)O)CC(=O)O.O=C(O)CN(CCN(CC(=O)O)CC(=O)O)CC(=O)O. The van der Waals surface area contributed by atoms with Crippen LogP contribution in [0.3, 0.4) is 0 Å². The molecular weight excluding hydrogens is 458 g/mol. The summed E-state index contributed by atoms with van der Waals surface area (Å²) in [4.78, 5) is 75.6. The minimum atomic E-state index is -1.26. The molecule has 0 saturated heterocycles. The average Bonchev–Trinajstić information content (AvgIpc) is 2.56. The Balaban J connectivity index is 0. The number of rotatable bonds is 17. The van der Waals surface area contributed by atoms with Crippen molar-refractivity contribution in [3.63, 3.8) is 0 Å². The molecule has 0 radical (unpaired) electrons. The molecule has 0 aromatic rings. The van der Waals surface area contributed by atoms with Crippen molar-refractivity contribution in [2.24, 2.45) is 0 Å². The summed E-state index contributed by atoms with van der Waals surface area (Å²) >= 11 is 0. The fraction of sp³-hybridized carbons (Fsp3) is 0.562. The lowest BCUT2D eigenvalue weighted by Gasteiger charge is -2.23. The Kier molecular flexibility index (Phi) is 16.0. The van der Waals surface area contributed by atoms with E-state index in [1.165, 1.54) is 0 Å². The van der Waals surface area contributed by atoms with E-state index in [4.69, 9.17) is 35.7 Å². The van der Waals surface area contributed by atoms with Gasteiger partial charge < -0.3 is 35.7 Å². The first-order valence-electron chi connectivity index (χ1n) is 8.82. The molecule has 0 aliphatic rings. The molecule has 0 aliphatic heterocycles. The predicted molar refractivity (Wildman–Crippen MR) is 103 cm³/mol. The Labute approximate surface area is 185 Å². The number of aliphatic carboxylic acids is 7. The van der Waals surface area contributed by atoms with Crippen LogP contribution >= 0.6 is 0 Å². The van der Waals surface area contributed by atoms with Crippen molar-refractivity contribution in [3.8, 4) is 0 Å². The summed E-state index contributed by atoms with van der Waals surface area (Å²) in [5.41, 5.74) is 0. The first kappa shape index (κ1) is 31.4. The molecule has 0 rings (SSSR count). The summed E-state index contributed by atoms with van der Waals surface area (Å²) in [5, 5.41) is 59.3. The zero-order valence-electron chi connectivity index (χ0n) is 17.2. The quantitative estimate of drug-likeness (QED) is 0.105. The fourth-order valence-electron chi connectivity index (χ4n) is 2.22. The maximum atomic E-state index is 10.6. The van der Waals surface area contributed by atoms with Crippen molar-refractivity contribution >= 4 is 41.8 Å². The molecule has 0 unspecified atom stereocenters. The van der Waals surface area contributed by atoms with Gasteiger partial charge in [0.25, 0.3) is 0 Å². The van der Waals surface area contributed by atoms with Crippen molar-refractivity contribution in [1.29, 1.82) is 0 Å². The molecule has 0 atom stereocenters. The molecule has 0 aromatic carbocycles. The molecule has 0 fully saturated rings. The van der Waals surface area contributed by atoms with Crippen LogP contribution in [-0.4, -0.2) is 151 Å². The summed E-state index contributed by atoms with van der Waals surface area (Å²) in [7, 11) is 0. The summed E-state index contributed by atoms with van der Waals surface area (Å²) < 4.78 is 0. The zero-order valence-corrected chi connectivity index (χ0v) is 17.2. The number of hydrogen-bond donors (Lipinski definition) is 7. The van der Waals surface area contributed by atoms with Gasteiger partial charge in [-0.25, -0.2) is 0 Å². The second kappa shape index (κ2) is 16.8. The van der Waals surface area contributed by atoms with Gasteiger partial charge in [0.15, 0.2) is 0 Å². The summed E-state index contributed by atoms with van der Waals surface area (Å²) in [5.74, 6) is -8.69. The van der Waals surface area contributed by atoms with Gasteiger partial charge in [0.1, 0.15) is 0 Å². The number of carboxylic acids is 7. The van der Waals surface area contributed by atoms with Crippen LogP contribution < -0.4 is 0 Å². The van der Waals surface area contributed by atoms with Gasteiger partial charge in [0.2, 0.25) is 0 Å². The lowest BCUT2D eigenvalue weighted by Crippen LogP contribution is -2.43. The van der Waals surface area contributed by atoms with Gasteiger partial charge in [0.05, 0.1) is 45.8 Å². The van der Waals surface area contributed by atoms with Gasteiger partial charge in [-0.05, 0) is 0 Å². The second-order valence-electron chi connectivity index (χ2n) is 6.32. The van der Waals surface area contributed by atoms with Crippen molar-refractivity contribution in [1.82, 2.24) is 14.7 Å². The van der Waals surface area contributed by atoms with Gasteiger partial charge in [0, 0.05) is 13.1 Å². The van der Waals surface area contributed by atoms with E-state index in [1.54, 1.807) is 0 Å². The number of carbonyl (C=O) groups is 7. The van der Waals surface area contributed by atoms with Gasteiger partial charge in [-0.3, -0.25) is 48.3 Å². The first-order chi connectivity index (χ1) is 15.1. The minimum absolute atomic E-state index is 0.0703. The lowest BCUT2D eigenvalue weighted by atomic mass is 10.4. The number of carboxylic acid groups (broad SMARTS) is 7. The Morgan fingerprint density at radius 1 is 0.333 bits per heavy atom. The Hall–Kier alpha value is -3.83. The van der Waals surface area contributed by atoms with Crippen LogP contribution in [0.4, 0.5) is 0 Å². The molecule has 0 bridgehead atoms. The largest absolute Gasteiger partial charge is 0.480 e. The van der Waals surface area contributed by atoms with Gasteiger partial charge in [-0.2, -0.15) is 0 Å². The molecule has 33 heavy (non-hydrogen) atoms. The lowest BCUT2D eigenvalue weighted by molar-refractivity contribution is -0.146. The van der Waals surface area contributed by atoms with Crippen LogP contribution in [0.5, 0.6) is 0 Å². The number of nitrogens with zero attached hydrogens (tertiary/aromatic N) is 3. The Morgan fingerprint density at radius 2 is 0.485 bits per heavy atom. The van der Waals surface area contributed by atoms with E-state index in [0.717, 1.165) is 14.7 Å². The van der Waals surface area contributed by atoms with Crippen LogP contribution in [0.15, 0.2) is 0 Å². The maximum absolute atomic E-state index is 10.6. The highest BCUT2D eigenvalue weighted by Gasteiger charge is 2.18. The maximum Gasteiger partial charge on any atom is 0.317 e. The van der Waals surface area contributed by atoms with E-state index in [2.05, 4.69) is 0 Å². The van der Waals surface area contributed by atoms with Crippen LogP contribution in [0.25, 0.3) is 0 Å². The molecule has 0 spiro atoms. The van der Waals surface area contributed by atoms with Crippen LogP contribution in [0.2, 0.25) is 0 Å². The highest BCUT2D eigenvalue weighted by Crippen LogP contribution is 1.94. The van der Waals surface area contributed by atoms with E-state index in [0.29, 0.717) is 0 Å². The molecule has 188 valence electrons. The third-order valence-electron chi connectivity index (χ3n) is 3.24. The Morgan fingerprint density at radius 3 is 0.636 bits per heavy atom. The molecule has 0 aromatic heterocycles. The molecule has 17 heteroatoms. The number of hydrogen-bond acceptors (Lipinski definition) is 10. The summed E-state index contributed by atoms with van der Waals surface area (Å²) in [6, 6.07) is 0. The molecule has 0 heterocycles. The monoisotopic (exact) mass is 483 g/mol. The average molecular weight is 483 g/mol. The molecule has 17 nitrogen and oxygen atoms in total. The first-order valence-corrected chi connectivity index (χ1v) is 8.82. The van der Waals surface area contributed by atoms with E-state index in [9.17, 15) is 33.6 Å².